The number of hydrogen-bond acceptors (Lipinski definition) is 3. The van der Waals surface area contributed by atoms with Gasteiger partial charge in [-0.3, -0.25) is 0 Å². The third kappa shape index (κ3) is 3.78. The van der Waals surface area contributed by atoms with Crippen molar-refractivity contribution in [3.63, 3.8) is 0 Å². The lowest BCUT2D eigenvalue weighted by molar-refractivity contribution is 0.124. The van der Waals surface area contributed by atoms with Crippen LogP contribution < -0.4 is 5.73 Å². The van der Waals surface area contributed by atoms with Crippen molar-refractivity contribution in [2.75, 3.05) is 24.7 Å². The third-order valence-electron chi connectivity index (χ3n) is 2.50. The van der Waals surface area contributed by atoms with E-state index in [2.05, 4.69) is 13.8 Å². The molecule has 0 amide bonds. The Morgan fingerprint density at radius 1 is 1.42 bits per heavy atom. The molecule has 2 nitrogen and oxygen atoms in total. The molecule has 0 saturated carbocycles. The van der Waals surface area contributed by atoms with Crippen molar-refractivity contribution in [2.45, 2.75) is 26.7 Å². The molecular weight excluding hydrogens is 170 g/mol. The molecule has 12 heavy (non-hydrogen) atoms. The van der Waals surface area contributed by atoms with Crippen molar-refractivity contribution in [1.29, 1.82) is 0 Å². The summed E-state index contributed by atoms with van der Waals surface area (Å²) >= 11 is 1.91. The van der Waals surface area contributed by atoms with Crippen molar-refractivity contribution in [3.05, 3.63) is 0 Å². The minimum atomic E-state index is -0.0117. The quantitative estimate of drug-likeness (QED) is 0.599. The average molecular weight is 191 g/mol. The maximum atomic E-state index is 9.19. The summed E-state index contributed by atoms with van der Waals surface area (Å²) in [5.41, 5.74) is 5.63. The van der Waals surface area contributed by atoms with Gasteiger partial charge in [-0.15, -0.1) is 0 Å². The van der Waals surface area contributed by atoms with Crippen LogP contribution in [0.1, 0.15) is 26.7 Å². The number of aliphatic hydroxyl groups excluding tert-OH is 1. The third-order valence-corrected chi connectivity index (χ3v) is 3.40. The van der Waals surface area contributed by atoms with E-state index in [9.17, 15) is 5.11 Å². The lowest BCUT2D eigenvalue weighted by Crippen LogP contribution is -2.34. The van der Waals surface area contributed by atoms with Crippen LogP contribution in [0.25, 0.3) is 0 Å². The minimum absolute atomic E-state index is 0.0117. The Kier molecular flexibility index (Phi) is 6.90. The summed E-state index contributed by atoms with van der Waals surface area (Å²) < 4.78 is 0. The first-order valence-corrected chi connectivity index (χ1v) is 5.78. The molecule has 0 heterocycles. The minimum Gasteiger partial charge on any atom is -0.396 e. The van der Waals surface area contributed by atoms with E-state index in [1.54, 1.807) is 0 Å². The van der Waals surface area contributed by atoms with Crippen LogP contribution in [0.3, 0.4) is 0 Å². The summed E-state index contributed by atoms with van der Waals surface area (Å²) in [6.07, 6.45) is 2.01. The molecule has 0 aromatic heterocycles. The number of nitrogens with two attached hydrogens (primary N) is 1. The zero-order chi connectivity index (χ0) is 9.45. The Morgan fingerprint density at radius 2 is 2.08 bits per heavy atom. The lowest BCUT2D eigenvalue weighted by atomic mass is 9.83. The van der Waals surface area contributed by atoms with Crippen molar-refractivity contribution < 1.29 is 5.11 Å². The first-order valence-electron chi connectivity index (χ1n) is 4.63. The van der Waals surface area contributed by atoms with Crippen molar-refractivity contribution >= 4 is 11.8 Å². The van der Waals surface area contributed by atoms with E-state index in [1.807, 2.05) is 11.8 Å². The molecule has 0 rings (SSSR count). The Morgan fingerprint density at radius 3 is 2.42 bits per heavy atom. The van der Waals surface area contributed by atoms with Crippen LogP contribution in [0.2, 0.25) is 0 Å². The first kappa shape index (κ1) is 12.3. The van der Waals surface area contributed by atoms with Gasteiger partial charge in [0.05, 0.1) is 0 Å². The van der Waals surface area contributed by atoms with E-state index in [1.165, 1.54) is 0 Å². The van der Waals surface area contributed by atoms with Gasteiger partial charge in [0.25, 0.3) is 0 Å². The highest BCUT2D eigenvalue weighted by Gasteiger charge is 2.24. The van der Waals surface area contributed by atoms with Crippen LogP contribution in [0.15, 0.2) is 0 Å². The summed E-state index contributed by atoms with van der Waals surface area (Å²) in [5, 5.41) is 9.19. The highest BCUT2D eigenvalue weighted by Crippen LogP contribution is 2.26. The summed E-state index contributed by atoms with van der Waals surface area (Å²) in [6, 6.07) is 0. The van der Waals surface area contributed by atoms with Crippen LogP contribution >= 0.6 is 11.8 Å². The Hall–Kier alpha value is 0.270. The highest BCUT2D eigenvalue weighted by molar-refractivity contribution is 7.99. The number of thioether (sulfide) groups is 1. The molecule has 0 aliphatic carbocycles. The second kappa shape index (κ2) is 6.75. The summed E-state index contributed by atoms with van der Waals surface area (Å²) in [7, 11) is 0. The molecule has 74 valence electrons. The second-order valence-electron chi connectivity index (χ2n) is 3.16. The van der Waals surface area contributed by atoms with Gasteiger partial charge >= 0.3 is 0 Å². The van der Waals surface area contributed by atoms with E-state index in [0.29, 0.717) is 6.54 Å². The van der Waals surface area contributed by atoms with Crippen molar-refractivity contribution in [1.82, 2.24) is 0 Å². The topological polar surface area (TPSA) is 46.2 Å². The molecule has 3 heteroatoms. The number of hydrogen-bond donors (Lipinski definition) is 2. The second-order valence-corrected chi connectivity index (χ2v) is 4.56. The van der Waals surface area contributed by atoms with Gasteiger partial charge in [0.2, 0.25) is 0 Å². The van der Waals surface area contributed by atoms with Crippen molar-refractivity contribution in [2.24, 2.45) is 11.1 Å². The molecule has 0 aliphatic rings. The van der Waals surface area contributed by atoms with Crippen LogP contribution in [0, 0.1) is 5.41 Å². The monoisotopic (exact) mass is 191 g/mol. The molecule has 0 bridgehead atoms. The van der Waals surface area contributed by atoms with Gasteiger partial charge in [-0.05, 0) is 24.3 Å². The van der Waals surface area contributed by atoms with Crippen LogP contribution in [-0.2, 0) is 0 Å². The van der Waals surface area contributed by atoms with E-state index < -0.39 is 0 Å². The summed E-state index contributed by atoms with van der Waals surface area (Å²) in [5.74, 6) is 2.26. The maximum Gasteiger partial charge on any atom is 0.0499 e. The van der Waals surface area contributed by atoms with E-state index in [0.717, 1.165) is 24.3 Å². The van der Waals surface area contributed by atoms with Gasteiger partial charge in [-0.2, -0.15) is 11.8 Å². The molecule has 1 atom stereocenters. The van der Waals surface area contributed by atoms with E-state index in [-0.39, 0.29) is 12.0 Å². The Labute approximate surface area is 79.9 Å². The fourth-order valence-corrected chi connectivity index (χ4v) is 1.98. The van der Waals surface area contributed by atoms with Gasteiger partial charge in [-0.1, -0.05) is 13.8 Å². The maximum absolute atomic E-state index is 9.19. The van der Waals surface area contributed by atoms with Gasteiger partial charge in [0.1, 0.15) is 0 Å². The molecule has 0 saturated heterocycles. The Bertz CT molecular complexity index is 96.4. The molecule has 0 aromatic carbocycles. The van der Waals surface area contributed by atoms with Gasteiger partial charge in [-0.25, -0.2) is 0 Å². The molecular formula is C9H21NOS. The van der Waals surface area contributed by atoms with Gasteiger partial charge < -0.3 is 10.8 Å². The molecule has 0 aliphatic heterocycles. The molecule has 1 unspecified atom stereocenters. The smallest absolute Gasteiger partial charge is 0.0499 e. The van der Waals surface area contributed by atoms with Crippen LogP contribution in [0.4, 0.5) is 0 Å². The standard InChI is InChI=1S/C9H21NOS/c1-3-9(7-10,8-11)5-6-12-4-2/h11H,3-8,10H2,1-2H3. The lowest BCUT2D eigenvalue weighted by Gasteiger charge is -2.28. The van der Waals surface area contributed by atoms with Crippen LogP contribution in [0.5, 0.6) is 0 Å². The molecule has 0 aromatic rings. The van der Waals surface area contributed by atoms with E-state index >= 15 is 0 Å². The van der Waals surface area contributed by atoms with Gasteiger partial charge in [0, 0.05) is 18.6 Å². The fourth-order valence-electron chi connectivity index (χ4n) is 1.11. The average Bonchev–Trinajstić information content (AvgIpc) is 2.14. The van der Waals surface area contributed by atoms with Crippen LogP contribution in [-0.4, -0.2) is 29.8 Å². The highest BCUT2D eigenvalue weighted by atomic mass is 32.2. The van der Waals surface area contributed by atoms with Gasteiger partial charge in [0.15, 0.2) is 0 Å². The summed E-state index contributed by atoms with van der Waals surface area (Å²) in [4.78, 5) is 0. The molecule has 0 fully saturated rings. The first-order chi connectivity index (χ1) is 5.74. The zero-order valence-corrected chi connectivity index (χ0v) is 8.99. The normalized spacial score (nSPS) is 16.0. The Balaban J connectivity index is 3.76. The molecule has 0 spiro atoms. The largest absolute Gasteiger partial charge is 0.396 e. The van der Waals surface area contributed by atoms with Crippen molar-refractivity contribution in [3.8, 4) is 0 Å². The SMILES string of the molecule is CCSCCC(CC)(CN)CO. The number of aliphatic hydroxyl groups is 1. The molecule has 3 N–H and O–H groups in total. The predicted molar refractivity (Wildman–Crippen MR) is 56.5 cm³/mol. The van der Waals surface area contributed by atoms with E-state index in [4.69, 9.17) is 5.73 Å². The predicted octanol–water partition coefficient (Wildman–Crippen LogP) is 1.48. The zero-order valence-electron chi connectivity index (χ0n) is 8.18. The number of rotatable bonds is 7. The fraction of sp³-hybridized carbons (Fsp3) is 1.00. The summed E-state index contributed by atoms with van der Waals surface area (Å²) in [6.45, 7) is 5.08. The molecule has 0 radical (unpaired) electrons.